The Bertz CT molecular complexity index is 759. The third-order valence-corrected chi connectivity index (χ3v) is 6.14. The van der Waals surface area contributed by atoms with Gasteiger partial charge in [-0.1, -0.05) is 26.0 Å². The first-order valence-electron chi connectivity index (χ1n) is 9.52. The van der Waals surface area contributed by atoms with Gasteiger partial charge in [0.2, 0.25) is 8.38 Å². The Labute approximate surface area is 163 Å². The third kappa shape index (κ3) is 5.22. The second kappa shape index (κ2) is 9.05. The maximum absolute atomic E-state index is 10.0. The van der Waals surface area contributed by atoms with Crippen molar-refractivity contribution >= 4 is 8.38 Å². The maximum Gasteiger partial charge on any atom is 0.211 e. The lowest BCUT2D eigenvalue weighted by Crippen LogP contribution is -2.10. The predicted octanol–water partition coefficient (Wildman–Crippen LogP) is 5.81. The van der Waals surface area contributed by atoms with Crippen LogP contribution in [0.2, 0.25) is 0 Å². The third-order valence-electron chi connectivity index (χ3n) is 4.86. The van der Waals surface area contributed by atoms with Gasteiger partial charge >= 0.3 is 0 Å². The van der Waals surface area contributed by atoms with Crippen molar-refractivity contribution in [2.75, 3.05) is 19.6 Å². The number of aryl methyl sites for hydroxylation is 2. The standard InChI is InChI=1S/C22H29O4P/c1-15(2)20-12-18(6-7-22(20)23)13-21-16(3)10-19(11-17(21)4)24-14-27-25-8-5-9-26-27/h6-7,10-12,15,23H,5,8-9,13-14H2,1-4H3. The summed E-state index contributed by atoms with van der Waals surface area (Å²) in [4.78, 5) is 0. The zero-order valence-corrected chi connectivity index (χ0v) is 17.5. The Kier molecular flexibility index (Phi) is 6.75. The minimum atomic E-state index is -0.921. The molecule has 5 heteroatoms. The van der Waals surface area contributed by atoms with Crippen LogP contribution in [0.3, 0.4) is 0 Å². The minimum Gasteiger partial charge on any atom is -0.508 e. The largest absolute Gasteiger partial charge is 0.508 e. The van der Waals surface area contributed by atoms with Gasteiger partial charge in [-0.25, -0.2) is 0 Å². The van der Waals surface area contributed by atoms with E-state index in [4.69, 9.17) is 13.8 Å². The van der Waals surface area contributed by atoms with E-state index in [0.29, 0.717) is 18.0 Å². The van der Waals surface area contributed by atoms with E-state index in [9.17, 15) is 5.11 Å². The molecule has 0 unspecified atom stereocenters. The summed E-state index contributed by atoms with van der Waals surface area (Å²) in [7, 11) is -0.921. The predicted molar refractivity (Wildman–Crippen MR) is 110 cm³/mol. The highest BCUT2D eigenvalue weighted by atomic mass is 31.2. The number of aromatic hydroxyl groups is 1. The molecule has 1 saturated heterocycles. The molecule has 27 heavy (non-hydrogen) atoms. The molecule has 1 N–H and O–H groups in total. The van der Waals surface area contributed by atoms with Gasteiger partial charge in [-0.05, 0) is 78.6 Å². The SMILES string of the molecule is Cc1cc(OCP2OCCCO2)cc(C)c1Cc1ccc(O)c(C(C)C)c1. The van der Waals surface area contributed by atoms with Crippen molar-refractivity contribution in [2.45, 2.75) is 46.5 Å². The maximum atomic E-state index is 10.0. The number of phenolic OH excluding ortho intramolecular Hbond substituents is 1. The van der Waals surface area contributed by atoms with Crippen LogP contribution in [-0.2, 0) is 15.5 Å². The molecule has 0 bridgehead atoms. The fourth-order valence-corrected chi connectivity index (χ4v) is 4.47. The Morgan fingerprint density at radius 3 is 2.37 bits per heavy atom. The average molecular weight is 388 g/mol. The molecular formula is C22H29O4P. The van der Waals surface area contributed by atoms with Crippen LogP contribution in [0.15, 0.2) is 30.3 Å². The van der Waals surface area contributed by atoms with Crippen LogP contribution in [-0.4, -0.2) is 24.7 Å². The van der Waals surface area contributed by atoms with Crippen LogP contribution in [0.1, 0.15) is 54.0 Å². The summed E-state index contributed by atoms with van der Waals surface area (Å²) < 4.78 is 17.1. The molecule has 4 nitrogen and oxygen atoms in total. The first kappa shape index (κ1) is 20.1. The van der Waals surface area contributed by atoms with Gasteiger partial charge < -0.3 is 18.9 Å². The van der Waals surface area contributed by atoms with Crippen molar-refractivity contribution < 1.29 is 18.9 Å². The Morgan fingerprint density at radius 1 is 1.07 bits per heavy atom. The van der Waals surface area contributed by atoms with Crippen LogP contribution in [0.4, 0.5) is 0 Å². The highest BCUT2D eigenvalue weighted by Crippen LogP contribution is 2.41. The fourth-order valence-electron chi connectivity index (χ4n) is 3.33. The molecule has 0 atom stereocenters. The lowest BCUT2D eigenvalue weighted by molar-refractivity contribution is 0.168. The second-order valence-electron chi connectivity index (χ2n) is 7.39. The second-order valence-corrected chi connectivity index (χ2v) is 8.83. The highest BCUT2D eigenvalue weighted by Gasteiger charge is 2.17. The highest BCUT2D eigenvalue weighted by molar-refractivity contribution is 7.47. The number of benzene rings is 2. The van der Waals surface area contributed by atoms with E-state index in [1.165, 1.54) is 22.3 Å². The van der Waals surface area contributed by atoms with Crippen molar-refractivity contribution in [1.82, 2.24) is 0 Å². The van der Waals surface area contributed by atoms with Gasteiger partial charge in [-0.15, -0.1) is 0 Å². The number of ether oxygens (including phenoxy) is 1. The molecule has 0 saturated carbocycles. The summed E-state index contributed by atoms with van der Waals surface area (Å²) >= 11 is 0. The molecule has 0 spiro atoms. The summed E-state index contributed by atoms with van der Waals surface area (Å²) in [6.07, 6.45) is 2.28. The van der Waals surface area contributed by atoms with Gasteiger partial charge in [0.25, 0.3) is 0 Å². The minimum absolute atomic E-state index is 0.300. The van der Waals surface area contributed by atoms with Crippen molar-refractivity contribution in [1.29, 1.82) is 0 Å². The molecule has 0 aromatic heterocycles. The van der Waals surface area contributed by atoms with Gasteiger partial charge in [-0.2, -0.15) is 0 Å². The van der Waals surface area contributed by atoms with Crippen molar-refractivity contribution in [3.05, 3.63) is 58.1 Å². The summed E-state index contributed by atoms with van der Waals surface area (Å²) in [5.74, 6) is 1.54. The zero-order chi connectivity index (χ0) is 19.4. The van der Waals surface area contributed by atoms with E-state index < -0.39 is 8.38 Å². The number of hydrogen-bond donors (Lipinski definition) is 1. The molecule has 2 aromatic carbocycles. The fraction of sp³-hybridized carbons (Fsp3) is 0.455. The van der Waals surface area contributed by atoms with Gasteiger partial charge in [0, 0.05) is 0 Å². The average Bonchev–Trinajstić information content (AvgIpc) is 2.65. The van der Waals surface area contributed by atoms with Crippen LogP contribution >= 0.6 is 8.38 Å². The topological polar surface area (TPSA) is 47.9 Å². The van der Waals surface area contributed by atoms with Crippen molar-refractivity contribution in [2.24, 2.45) is 0 Å². The normalized spacial score (nSPS) is 15.3. The van der Waals surface area contributed by atoms with Gasteiger partial charge in [0.15, 0.2) is 6.35 Å². The summed E-state index contributed by atoms with van der Waals surface area (Å²) in [6.45, 7) is 9.97. The van der Waals surface area contributed by atoms with Gasteiger partial charge in [-0.3, -0.25) is 0 Å². The number of phenols is 1. The molecule has 1 aliphatic heterocycles. The van der Waals surface area contributed by atoms with Crippen LogP contribution in [0.5, 0.6) is 11.5 Å². The van der Waals surface area contributed by atoms with Crippen LogP contribution < -0.4 is 4.74 Å². The first-order chi connectivity index (χ1) is 12.9. The number of rotatable bonds is 6. The van der Waals surface area contributed by atoms with E-state index in [1.807, 2.05) is 6.07 Å². The summed E-state index contributed by atoms with van der Waals surface area (Å²) in [6, 6.07) is 10.1. The Hall–Kier alpha value is -1.61. The Balaban J connectivity index is 1.72. The first-order valence-corrected chi connectivity index (χ1v) is 10.9. The Morgan fingerprint density at radius 2 is 1.74 bits per heavy atom. The van der Waals surface area contributed by atoms with Crippen molar-refractivity contribution in [3.63, 3.8) is 0 Å². The molecule has 0 aliphatic carbocycles. The van der Waals surface area contributed by atoms with Gasteiger partial charge in [0.1, 0.15) is 11.5 Å². The van der Waals surface area contributed by atoms with E-state index >= 15 is 0 Å². The van der Waals surface area contributed by atoms with Gasteiger partial charge in [0.05, 0.1) is 13.2 Å². The summed E-state index contributed by atoms with van der Waals surface area (Å²) in [5.41, 5.74) is 5.94. The molecule has 2 aromatic rings. The number of hydrogen-bond acceptors (Lipinski definition) is 4. The molecule has 146 valence electrons. The quantitative estimate of drug-likeness (QED) is 0.635. The smallest absolute Gasteiger partial charge is 0.211 e. The zero-order valence-electron chi connectivity index (χ0n) is 16.6. The lowest BCUT2D eigenvalue weighted by Gasteiger charge is -2.22. The molecule has 1 fully saturated rings. The van der Waals surface area contributed by atoms with E-state index in [0.717, 1.165) is 37.4 Å². The van der Waals surface area contributed by atoms with E-state index in [2.05, 4.69) is 45.9 Å². The monoisotopic (exact) mass is 388 g/mol. The van der Waals surface area contributed by atoms with Crippen LogP contribution in [0, 0.1) is 13.8 Å². The van der Waals surface area contributed by atoms with E-state index in [1.54, 1.807) is 6.07 Å². The lowest BCUT2D eigenvalue weighted by atomic mass is 9.93. The summed E-state index contributed by atoms with van der Waals surface area (Å²) in [5, 5.41) is 10.0. The molecular weight excluding hydrogens is 359 g/mol. The van der Waals surface area contributed by atoms with E-state index in [-0.39, 0.29) is 0 Å². The molecule has 1 heterocycles. The molecule has 1 aliphatic rings. The molecule has 0 radical (unpaired) electrons. The van der Waals surface area contributed by atoms with Crippen molar-refractivity contribution in [3.8, 4) is 11.5 Å². The molecule has 0 amide bonds. The molecule has 3 rings (SSSR count). The van der Waals surface area contributed by atoms with Crippen LogP contribution in [0.25, 0.3) is 0 Å².